The van der Waals surface area contributed by atoms with E-state index in [4.69, 9.17) is 10.5 Å². The van der Waals surface area contributed by atoms with Gasteiger partial charge in [0.1, 0.15) is 5.75 Å². The third-order valence-electron chi connectivity index (χ3n) is 4.50. The topological polar surface area (TPSA) is 72.6 Å². The number of piperidine rings is 1. The molecule has 2 atom stereocenters. The molecule has 126 valence electrons. The molecular weight excluding hydrogens is 292 g/mol. The van der Waals surface area contributed by atoms with Crippen LogP contribution in [0.15, 0.2) is 24.3 Å². The van der Waals surface area contributed by atoms with Crippen LogP contribution in [0.1, 0.15) is 44.0 Å². The summed E-state index contributed by atoms with van der Waals surface area (Å²) in [5.41, 5.74) is 6.52. The molecule has 1 aromatic rings. The van der Waals surface area contributed by atoms with Crippen molar-refractivity contribution in [3.63, 3.8) is 0 Å². The summed E-state index contributed by atoms with van der Waals surface area (Å²) in [4.78, 5) is 25.8. The number of carbonyl (C=O) groups excluding carboxylic acids is 2. The second kappa shape index (κ2) is 7.59. The molecule has 0 saturated carbocycles. The van der Waals surface area contributed by atoms with Crippen LogP contribution in [0.25, 0.3) is 0 Å². The molecule has 1 fully saturated rings. The zero-order valence-corrected chi connectivity index (χ0v) is 14.1. The summed E-state index contributed by atoms with van der Waals surface area (Å²) < 4.78 is 5.73. The number of rotatable bonds is 5. The van der Waals surface area contributed by atoms with E-state index in [1.165, 1.54) is 6.92 Å². The number of hydrogen-bond acceptors (Lipinski definition) is 4. The molecule has 0 aliphatic carbocycles. The first-order chi connectivity index (χ1) is 10.9. The van der Waals surface area contributed by atoms with Crippen LogP contribution in [0.4, 0.5) is 0 Å². The highest BCUT2D eigenvalue weighted by atomic mass is 16.5. The van der Waals surface area contributed by atoms with Gasteiger partial charge in [-0.1, -0.05) is 12.1 Å². The van der Waals surface area contributed by atoms with E-state index in [0.29, 0.717) is 17.2 Å². The van der Waals surface area contributed by atoms with Crippen molar-refractivity contribution in [1.29, 1.82) is 0 Å². The summed E-state index contributed by atoms with van der Waals surface area (Å²) in [5, 5.41) is 0. The highest BCUT2D eigenvalue weighted by molar-refractivity contribution is 5.94. The Bertz CT molecular complexity index is 563. The molecule has 1 aromatic carbocycles. The maximum absolute atomic E-state index is 12.5. The second-order valence-corrected chi connectivity index (χ2v) is 6.37. The van der Waals surface area contributed by atoms with Gasteiger partial charge in [0.2, 0.25) is 0 Å². The summed E-state index contributed by atoms with van der Waals surface area (Å²) in [6, 6.07) is 7.11. The normalized spacial score (nSPS) is 18.3. The molecule has 0 radical (unpaired) electrons. The molecule has 1 saturated heterocycles. The number of hydrogen-bond donors (Lipinski definition) is 1. The van der Waals surface area contributed by atoms with Gasteiger partial charge >= 0.3 is 0 Å². The van der Waals surface area contributed by atoms with Crippen molar-refractivity contribution in [3.8, 4) is 5.75 Å². The average Bonchev–Trinajstić information content (AvgIpc) is 2.54. The van der Waals surface area contributed by atoms with Gasteiger partial charge in [-0.05, 0) is 51.7 Å². The summed E-state index contributed by atoms with van der Waals surface area (Å²) >= 11 is 0. The smallest absolute Gasteiger partial charge is 0.263 e. The minimum Gasteiger partial charge on any atom is -0.481 e. The van der Waals surface area contributed by atoms with Crippen molar-refractivity contribution in [2.24, 2.45) is 11.7 Å². The molecular formula is C18H26N2O3. The van der Waals surface area contributed by atoms with Crippen LogP contribution in [-0.4, -0.2) is 41.8 Å². The monoisotopic (exact) mass is 318 g/mol. The summed E-state index contributed by atoms with van der Waals surface area (Å²) in [7, 11) is 0. The maximum Gasteiger partial charge on any atom is 0.263 e. The number of carbonyl (C=O) groups is 2. The summed E-state index contributed by atoms with van der Waals surface area (Å²) in [5.74, 6) is 1.00. The quantitative estimate of drug-likeness (QED) is 0.845. The number of ether oxygens (including phenoxy) is 1. The van der Waals surface area contributed by atoms with E-state index in [2.05, 4.69) is 0 Å². The predicted octanol–water partition coefficient (Wildman–Crippen LogP) is 2.24. The number of nitrogens with two attached hydrogens (primary N) is 1. The second-order valence-electron chi connectivity index (χ2n) is 6.37. The van der Waals surface area contributed by atoms with Gasteiger partial charge in [0, 0.05) is 24.7 Å². The third kappa shape index (κ3) is 4.55. The maximum atomic E-state index is 12.5. The fourth-order valence-corrected chi connectivity index (χ4v) is 2.95. The Hall–Kier alpha value is -1.88. The van der Waals surface area contributed by atoms with Gasteiger partial charge in [-0.15, -0.1) is 0 Å². The van der Waals surface area contributed by atoms with Crippen molar-refractivity contribution in [2.45, 2.75) is 45.8 Å². The van der Waals surface area contributed by atoms with Crippen LogP contribution in [-0.2, 0) is 4.79 Å². The van der Waals surface area contributed by atoms with Gasteiger partial charge in [0.25, 0.3) is 5.91 Å². The molecule has 1 aliphatic heterocycles. The molecule has 0 bridgehead atoms. The van der Waals surface area contributed by atoms with E-state index in [0.717, 1.165) is 25.9 Å². The number of benzene rings is 1. The first-order valence-corrected chi connectivity index (χ1v) is 8.20. The number of ketones is 1. The van der Waals surface area contributed by atoms with Crippen LogP contribution in [0, 0.1) is 5.92 Å². The molecule has 2 N–H and O–H groups in total. The third-order valence-corrected chi connectivity index (χ3v) is 4.50. The zero-order chi connectivity index (χ0) is 17.0. The molecule has 5 nitrogen and oxygen atoms in total. The number of amides is 1. The van der Waals surface area contributed by atoms with E-state index in [-0.39, 0.29) is 17.7 Å². The van der Waals surface area contributed by atoms with Crippen LogP contribution in [0.5, 0.6) is 5.75 Å². The predicted molar refractivity (Wildman–Crippen MR) is 89.5 cm³/mol. The van der Waals surface area contributed by atoms with Crippen LogP contribution < -0.4 is 10.5 Å². The lowest BCUT2D eigenvalue weighted by atomic mass is 9.91. The molecule has 2 rings (SSSR count). The molecule has 1 aliphatic rings. The van der Waals surface area contributed by atoms with Gasteiger partial charge in [-0.25, -0.2) is 0 Å². The summed E-state index contributed by atoms with van der Waals surface area (Å²) in [6.07, 6.45) is 1.32. The Morgan fingerprint density at radius 3 is 2.48 bits per heavy atom. The SMILES string of the molecule is CC(=O)c1cccc(OC(C)C(=O)N2CCC(C(C)N)CC2)c1. The zero-order valence-electron chi connectivity index (χ0n) is 14.1. The van der Waals surface area contributed by atoms with Crippen molar-refractivity contribution < 1.29 is 14.3 Å². The number of Topliss-reactive ketones (excluding diaryl/α,β-unsaturated/α-hetero) is 1. The molecule has 0 spiro atoms. The van der Waals surface area contributed by atoms with Gasteiger partial charge < -0.3 is 15.4 Å². The van der Waals surface area contributed by atoms with Crippen LogP contribution in [0.3, 0.4) is 0 Å². The first-order valence-electron chi connectivity index (χ1n) is 8.20. The Labute approximate surface area is 137 Å². The van der Waals surface area contributed by atoms with E-state index >= 15 is 0 Å². The van der Waals surface area contributed by atoms with Crippen molar-refractivity contribution >= 4 is 11.7 Å². The average molecular weight is 318 g/mol. The summed E-state index contributed by atoms with van der Waals surface area (Å²) in [6.45, 7) is 6.74. The van der Waals surface area contributed by atoms with Gasteiger partial charge in [-0.3, -0.25) is 9.59 Å². The number of nitrogens with zero attached hydrogens (tertiary/aromatic N) is 1. The van der Waals surface area contributed by atoms with E-state index < -0.39 is 6.10 Å². The van der Waals surface area contributed by atoms with Crippen LogP contribution in [0.2, 0.25) is 0 Å². The van der Waals surface area contributed by atoms with Gasteiger partial charge in [-0.2, -0.15) is 0 Å². The molecule has 5 heteroatoms. The fraction of sp³-hybridized carbons (Fsp3) is 0.556. The molecule has 23 heavy (non-hydrogen) atoms. The minimum absolute atomic E-state index is 0.0126. The van der Waals surface area contributed by atoms with Crippen molar-refractivity contribution in [2.75, 3.05) is 13.1 Å². The Morgan fingerprint density at radius 1 is 1.26 bits per heavy atom. The Morgan fingerprint density at radius 2 is 1.91 bits per heavy atom. The lowest BCUT2D eigenvalue weighted by Crippen LogP contribution is -2.46. The number of likely N-dealkylation sites (tertiary alicyclic amines) is 1. The fourth-order valence-electron chi connectivity index (χ4n) is 2.95. The van der Waals surface area contributed by atoms with Gasteiger partial charge in [0.05, 0.1) is 0 Å². The van der Waals surface area contributed by atoms with E-state index in [1.807, 2.05) is 11.8 Å². The van der Waals surface area contributed by atoms with Gasteiger partial charge in [0.15, 0.2) is 11.9 Å². The highest BCUT2D eigenvalue weighted by Gasteiger charge is 2.28. The minimum atomic E-state index is -0.566. The Balaban J connectivity index is 1.93. The standard InChI is InChI=1S/C18H26N2O3/c1-12(19)15-7-9-20(10-8-15)18(22)14(3)23-17-6-4-5-16(11-17)13(2)21/h4-6,11-12,14-15H,7-10,19H2,1-3H3. The largest absolute Gasteiger partial charge is 0.481 e. The molecule has 2 unspecified atom stereocenters. The van der Waals surface area contributed by atoms with E-state index in [9.17, 15) is 9.59 Å². The van der Waals surface area contributed by atoms with Crippen molar-refractivity contribution in [1.82, 2.24) is 4.90 Å². The lowest BCUT2D eigenvalue weighted by Gasteiger charge is -2.35. The van der Waals surface area contributed by atoms with Crippen molar-refractivity contribution in [3.05, 3.63) is 29.8 Å². The molecule has 1 heterocycles. The molecule has 1 amide bonds. The lowest BCUT2D eigenvalue weighted by molar-refractivity contribution is -0.139. The molecule has 0 aromatic heterocycles. The van der Waals surface area contributed by atoms with E-state index in [1.54, 1.807) is 31.2 Å². The highest BCUT2D eigenvalue weighted by Crippen LogP contribution is 2.21. The first kappa shape index (κ1) is 17.5. The Kier molecular flexibility index (Phi) is 5.77. The van der Waals surface area contributed by atoms with Crippen LogP contribution >= 0.6 is 0 Å².